The SMILES string of the molecule is C.C.CC(C)N1CCCC1.CC(C)N1CCCC1.CC(C)N1CCCC1.CC(C)N1CCCC1.CC(C)N1CCCC1.CC(C)N1CCCC1. The molecule has 0 aromatic rings. The standard InChI is InChI=1S/6C7H15N.2CH4/c6*1-7(2)8-5-3-4-6-8;;/h6*7H,3-6H2,1-2H3;2*1H4. The summed E-state index contributed by atoms with van der Waals surface area (Å²) in [7, 11) is 0. The van der Waals surface area contributed by atoms with Gasteiger partial charge in [-0.15, -0.1) is 0 Å². The fraction of sp³-hybridized carbons (Fsp3) is 1.00. The van der Waals surface area contributed by atoms with Crippen LogP contribution in [0.4, 0.5) is 0 Å². The molecule has 0 aromatic heterocycles. The lowest BCUT2D eigenvalue weighted by Crippen LogP contribution is -2.26. The van der Waals surface area contributed by atoms with Crippen molar-refractivity contribution in [1.82, 2.24) is 29.4 Å². The normalized spacial score (nSPS) is 22.0. The van der Waals surface area contributed by atoms with Crippen molar-refractivity contribution in [3.8, 4) is 0 Å². The van der Waals surface area contributed by atoms with Crippen molar-refractivity contribution < 1.29 is 0 Å². The van der Waals surface area contributed by atoms with Gasteiger partial charge in [-0.2, -0.15) is 0 Å². The lowest BCUT2D eigenvalue weighted by atomic mass is 10.3. The molecule has 6 nitrogen and oxygen atoms in total. The zero-order valence-corrected chi connectivity index (χ0v) is 35.1. The topological polar surface area (TPSA) is 19.4 Å². The first-order chi connectivity index (χ1) is 22.8. The highest BCUT2D eigenvalue weighted by Crippen LogP contribution is 2.13. The van der Waals surface area contributed by atoms with Crippen molar-refractivity contribution in [2.45, 2.75) is 211 Å². The van der Waals surface area contributed by atoms with E-state index in [1.165, 1.54) is 156 Å². The maximum Gasteiger partial charge on any atom is 0.00385 e. The molecule has 6 heteroatoms. The molecule has 0 saturated carbocycles. The summed E-state index contributed by atoms with van der Waals surface area (Å²) in [5, 5.41) is 0. The van der Waals surface area contributed by atoms with Gasteiger partial charge in [-0.3, -0.25) is 0 Å². The summed E-state index contributed by atoms with van der Waals surface area (Å²) in [6.07, 6.45) is 17.0. The lowest BCUT2D eigenvalue weighted by molar-refractivity contribution is 0.276. The van der Waals surface area contributed by atoms with E-state index in [1.54, 1.807) is 0 Å². The molecule has 0 spiro atoms. The van der Waals surface area contributed by atoms with Crippen molar-refractivity contribution in [2.75, 3.05) is 78.5 Å². The highest BCUT2D eigenvalue weighted by Gasteiger charge is 2.16. The molecule has 0 atom stereocenters. The Morgan fingerprint density at radius 2 is 0.280 bits per heavy atom. The monoisotopic (exact) mass is 711 g/mol. The van der Waals surface area contributed by atoms with Gasteiger partial charge < -0.3 is 29.4 Å². The quantitative estimate of drug-likeness (QED) is 0.271. The number of hydrogen-bond donors (Lipinski definition) is 0. The molecule has 6 aliphatic rings. The highest BCUT2D eigenvalue weighted by atomic mass is 15.2. The molecule has 6 heterocycles. The number of nitrogens with zero attached hydrogens (tertiary/aromatic N) is 6. The molecule has 6 saturated heterocycles. The molecule has 0 aliphatic carbocycles. The van der Waals surface area contributed by atoms with E-state index in [1.807, 2.05) is 0 Å². The van der Waals surface area contributed by atoms with E-state index in [0.29, 0.717) is 0 Å². The summed E-state index contributed by atoms with van der Waals surface area (Å²) < 4.78 is 0. The smallest absolute Gasteiger partial charge is 0.00385 e. The molecule has 6 aliphatic heterocycles. The second-order valence-corrected chi connectivity index (χ2v) is 17.0. The largest absolute Gasteiger partial charge is 0.301 e. The summed E-state index contributed by atoms with van der Waals surface area (Å²) in [5.74, 6) is 0. The van der Waals surface area contributed by atoms with Crippen LogP contribution in [-0.4, -0.2) is 144 Å². The first-order valence-electron chi connectivity index (χ1n) is 21.3. The molecule has 0 amide bonds. The molecular weight excluding hydrogens is 613 g/mol. The molecular formula is C44H98N6. The first-order valence-corrected chi connectivity index (χ1v) is 21.3. The Labute approximate surface area is 318 Å². The molecule has 0 bridgehead atoms. The third-order valence-electron chi connectivity index (χ3n) is 11.2. The van der Waals surface area contributed by atoms with E-state index in [4.69, 9.17) is 0 Å². The Morgan fingerprint density at radius 3 is 0.320 bits per heavy atom. The van der Waals surface area contributed by atoms with E-state index >= 15 is 0 Å². The predicted molar refractivity (Wildman–Crippen MR) is 229 cm³/mol. The van der Waals surface area contributed by atoms with Crippen LogP contribution >= 0.6 is 0 Å². The van der Waals surface area contributed by atoms with E-state index in [9.17, 15) is 0 Å². The van der Waals surface area contributed by atoms with Gasteiger partial charge in [0.05, 0.1) is 0 Å². The zero-order chi connectivity index (χ0) is 35.9. The van der Waals surface area contributed by atoms with Crippen LogP contribution in [0.15, 0.2) is 0 Å². The highest BCUT2D eigenvalue weighted by molar-refractivity contribution is 4.72. The molecule has 0 N–H and O–H groups in total. The van der Waals surface area contributed by atoms with Gasteiger partial charge in [0.2, 0.25) is 0 Å². The van der Waals surface area contributed by atoms with Gasteiger partial charge >= 0.3 is 0 Å². The van der Waals surface area contributed by atoms with Crippen LogP contribution in [0.5, 0.6) is 0 Å². The summed E-state index contributed by atoms with van der Waals surface area (Å²) >= 11 is 0. The minimum Gasteiger partial charge on any atom is -0.301 e. The van der Waals surface area contributed by atoms with E-state index in [-0.39, 0.29) is 14.9 Å². The summed E-state index contributed by atoms with van der Waals surface area (Å²) in [6, 6.07) is 4.65. The van der Waals surface area contributed by atoms with Gasteiger partial charge in [-0.25, -0.2) is 0 Å². The maximum atomic E-state index is 2.53. The van der Waals surface area contributed by atoms with Gasteiger partial charge in [0.1, 0.15) is 0 Å². The number of rotatable bonds is 6. The number of hydrogen-bond acceptors (Lipinski definition) is 6. The van der Waals surface area contributed by atoms with Crippen LogP contribution in [0.3, 0.4) is 0 Å². The van der Waals surface area contributed by atoms with Crippen molar-refractivity contribution in [3.05, 3.63) is 0 Å². The molecule has 50 heavy (non-hydrogen) atoms. The Bertz CT molecular complexity index is 532. The zero-order valence-electron chi connectivity index (χ0n) is 35.1. The fourth-order valence-electron chi connectivity index (χ4n) is 7.55. The van der Waals surface area contributed by atoms with Crippen LogP contribution in [0, 0.1) is 0 Å². The van der Waals surface area contributed by atoms with Crippen molar-refractivity contribution in [1.29, 1.82) is 0 Å². The van der Waals surface area contributed by atoms with Gasteiger partial charge in [-0.1, -0.05) is 14.9 Å². The molecule has 0 radical (unpaired) electrons. The molecule has 6 fully saturated rings. The summed E-state index contributed by atoms with van der Waals surface area (Å²) in [5.41, 5.74) is 0. The Balaban J connectivity index is 0. The van der Waals surface area contributed by atoms with Gasteiger partial charge in [0.15, 0.2) is 0 Å². The molecule has 304 valence electrons. The second kappa shape index (κ2) is 31.1. The molecule has 6 rings (SSSR count). The van der Waals surface area contributed by atoms with Crippen molar-refractivity contribution in [3.63, 3.8) is 0 Å². The Kier molecular flexibility index (Phi) is 32.3. The first kappa shape index (κ1) is 51.9. The van der Waals surface area contributed by atoms with E-state index in [2.05, 4.69) is 112 Å². The van der Waals surface area contributed by atoms with E-state index in [0.717, 1.165) is 36.3 Å². The maximum absolute atomic E-state index is 2.53. The van der Waals surface area contributed by atoms with Crippen LogP contribution in [0.1, 0.15) is 175 Å². The van der Waals surface area contributed by atoms with Gasteiger partial charge in [0, 0.05) is 36.3 Å². The van der Waals surface area contributed by atoms with Gasteiger partial charge in [0.25, 0.3) is 0 Å². The average molecular weight is 711 g/mol. The molecule has 0 unspecified atom stereocenters. The average Bonchev–Trinajstić information content (AvgIpc) is 3.91. The van der Waals surface area contributed by atoms with E-state index < -0.39 is 0 Å². The summed E-state index contributed by atoms with van der Waals surface area (Å²) in [4.78, 5) is 15.2. The van der Waals surface area contributed by atoms with Crippen LogP contribution in [0.2, 0.25) is 0 Å². The summed E-state index contributed by atoms with van der Waals surface area (Å²) in [6.45, 7) is 43.2. The second-order valence-electron chi connectivity index (χ2n) is 17.0. The Hall–Kier alpha value is -0.240. The van der Waals surface area contributed by atoms with Gasteiger partial charge in [-0.05, 0) is 239 Å². The van der Waals surface area contributed by atoms with Crippen LogP contribution in [0.25, 0.3) is 0 Å². The lowest BCUT2D eigenvalue weighted by Gasteiger charge is -2.18. The van der Waals surface area contributed by atoms with Crippen molar-refractivity contribution in [2.24, 2.45) is 0 Å². The minimum absolute atomic E-state index is 0. The predicted octanol–water partition coefficient (Wildman–Crippen LogP) is 10.2. The van der Waals surface area contributed by atoms with Crippen LogP contribution < -0.4 is 0 Å². The Morgan fingerprint density at radius 1 is 0.200 bits per heavy atom. The third-order valence-corrected chi connectivity index (χ3v) is 11.2. The fourth-order valence-corrected chi connectivity index (χ4v) is 7.55. The van der Waals surface area contributed by atoms with Crippen LogP contribution in [-0.2, 0) is 0 Å². The number of likely N-dealkylation sites (tertiary alicyclic amines) is 6. The third kappa shape index (κ3) is 24.1. The van der Waals surface area contributed by atoms with Crippen molar-refractivity contribution >= 4 is 0 Å². The molecule has 0 aromatic carbocycles. The minimum atomic E-state index is 0.